The van der Waals surface area contributed by atoms with Crippen LogP contribution in [-0.4, -0.2) is 31.1 Å². The molecule has 0 aliphatic carbocycles. The normalized spacial score (nSPS) is 9.57. The fourth-order valence-electron chi connectivity index (χ4n) is 0.952. The van der Waals surface area contributed by atoms with Crippen molar-refractivity contribution in [1.82, 2.24) is 4.90 Å². The fraction of sp³-hybridized carbons (Fsp3) is 0.300. The minimum atomic E-state index is -0.387. The minimum absolute atomic E-state index is 0.387. The van der Waals surface area contributed by atoms with Crippen molar-refractivity contribution in [2.75, 3.05) is 20.1 Å². The zero-order valence-corrected chi connectivity index (χ0v) is 8.14. The third-order valence-electron chi connectivity index (χ3n) is 1.72. The molecule has 0 aliphatic heterocycles. The molecule has 0 saturated heterocycles. The van der Waals surface area contributed by atoms with Crippen molar-refractivity contribution in [3.63, 3.8) is 0 Å². The monoisotopic (exact) mass is 194 g/mol. The van der Waals surface area contributed by atoms with Gasteiger partial charge in [0.1, 0.15) is 5.75 Å². The van der Waals surface area contributed by atoms with Gasteiger partial charge in [0.05, 0.1) is 0 Å². The van der Waals surface area contributed by atoms with E-state index >= 15 is 0 Å². The molecule has 0 saturated carbocycles. The highest BCUT2D eigenvalue weighted by molar-refractivity contribution is 5.70. The standard InChI is InChI=1S/C10H14N2O2/c1-12(8-7-11)10(13)14-9-5-3-2-4-6-9/h2-6H,7-8,11H2,1H3. The van der Waals surface area contributed by atoms with Crippen molar-refractivity contribution in [1.29, 1.82) is 0 Å². The highest BCUT2D eigenvalue weighted by Crippen LogP contribution is 2.09. The van der Waals surface area contributed by atoms with Gasteiger partial charge in [-0.05, 0) is 12.1 Å². The lowest BCUT2D eigenvalue weighted by Crippen LogP contribution is -2.33. The maximum Gasteiger partial charge on any atom is 0.415 e. The zero-order valence-electron chi connectivity index (χ0n) is 8.14. The number of amides is 1. The van der Waals surface area contributed by atoms with Crippen LogP contribution in [0.15, 0.2) is 30.3 Å². The molecule has 0 spiro atoms. The van der Waals surface area contributed by atoms with Crippen LogP contribution in [0.2, 0.25) is 0 Å². The lowest BCUT2D eigenvalue weighted by molar-refractivity contribution is 0.164. The number of carbonyl (C=O) groups excluding carboxylic acids is 1. The van der Waals surface area contributed by atoms with Crippen molar-refractivity contribution in [3.8, 4) is 5.75 Å². The Morgan fingerprint density at radius 2 is 2.07 bits per heavy atom. The smallest absolute Gasteiger partial charge is 0.410 e. The Kier molecular flexibility index (Phi) is 3.94. The summed E-state index contributed by atoms with van der Waals surface area (Å²) >= 11 is 0. The summed E-state index contributed by atoms with van der Waals surface area (Å²) in [7, 11) is 1.65. The Labute approximate surface area is 83.3 Å². The first-order valence-electron chi connectivity index (χ1n) is 4.42. The van der Waals surface area contributed by atoms with Gasteiger partial charge in [-0.2, -0.15) is 0 Å². The molecule has 0 heterocycles. The van der Waals surface area contributed by atoms with Crippen molar-refractivity contribution in [3.05, 3.63) is 30.3 Å². The number of nitrogens with two attached hydrogens (primary N) is 1. The van der Waals surface area contributed by atoms with Crippen LogP contribution in [0.5, 0.6) is 5.75 Å². The average Bonchev–Trinajstić information content (AvgIpc) is 2.19. The number of hydrogen-bond donors (Lipinski definition) is 1. The summed E-state index contributed by atoms with van der Waals surface area (Å²) in [6.07, 6.45) is -0.387. The first kappa shape index (κ1) is 10.5. The van der Waals surface area contributed by atoms with Crippen molar-refractivity contribution < 1.29 is 9.53 Å². The van der Waals surface area contributed by atoms with E-state index in [1.165, 1.54) is 4.90 Å². The lowest BCUT2D eigenvalue weighted by Gasteiger charge is -2.15. The first-order valence-corrected chi connectivity index (χ1v) is 4.42. The maximum absolute atomic E-state index is 11.4. The summed E-state index contributed by atoms with van der Waals surface area (Å²) in [4.78, 5) is 12.8. The molecule has 0 bridgehead atoms. The van der Waals surface area contributed by atoms with Crippen LogP contribution in [0.4, 0.5) is 4.79 Å². The lowest BCUT2D eigenvalue weighted by atomic mass is 10.3. The predicted molar refractivity (Wildman–Crippen MR) is 54.2 cm³/mol. The molecule has 76 valence electrons. The zero-order chi connectivity index (χ0) is 10.4. The van der Waals surface area contributed by atoms with E-state index in [0.717, 1.165) is 0 Å². The number of benzene rings is 1. The maximum atomic E-state index is 11.4. The van der Waals surface area contributed by atoms with Crippen LogP contribution in [0.3, 0.4) is 0 Å². The molecule has 1 aromatic carbocycles. The number of hydrogen-bond acceptors (Lipinski definition) is 3. The summed E-state index contributed by atoms with van der Waals surface area (Å²) in [6, 6.07) is 8.94. The molecule has 0 unspecified atom stereocenters. The largest absolute Gasteiger partial charge is 0.415 e. The molecule has 0 radical (unpaired) electrons. The van der Waals surface area contributed by atoms with Crippen LogP contribution in [0, 0.1) is 0 Å². The third kappa shape index (κ3) is 3.06. The molecule has 1 aromatic rings. The van der Waals surface area contributed by atoms with Gasteiger partial charge in [0.15, 0.2) is 0 Å². The number of carbonyl (C=O) groups is 1. The molecule has 14 heavy (non-hydrogen) atoms. The highest BCUT2D eigenvalue weighted by Gasteiger charge is 2.09. The van der Waals surface area contributed by atoms with Gasteiger partial charge in [-0.3, -0.25) is 0 Å². The van der Waals surface area contributed by atoms with Gasteiger partial charge in [-0.15, -0.1) is 0 Å². The van der Waals surface area contributed by atoms with E-state index in [9.17, 15) is 4.79 Å². The number of rotatable bonds is 3. The van der Waals surface area contributed by atoms with Crippen LogP contribution >= 0.6 is 0 Å². The Morgan fingerprint density at radius 3 is 2.64 bits per heavy atom. The number of nitrogens with zero attached hydrogens (tertiary/aromatic N) is 1. The Balaban J connectivity index is 2.49. The summed E-state index contributed by atoms with van der Waals surface area (Å²) < 4.78 is 5.06. The average molecular weight is 194 g/mol. The Hall–Kier alpha value is -1.55. The Morgan fingerprint density at radius 1 is 1.43 bits per heavy atom. The SMILES string of the molecule is CN(CCN)C(=O)Oc1ccccc1. The third-order valence-corrected chi connectivity index (χ3v) is 1.72. The Bertz CT molecular complexity index is 287. The van der Waals surface area contributed by atoms with Crippen LogP contribution in [0.25, 0.3) is 0 Å². The second kappa shape index (κ2) is 5.24. The van der Waals surface area contributed by atoms with Gasteiger partial charge in [-0.25, -0.2) is 4.79 Å². The van der Waals surface area contributed by atoms with Gasteiger partial charge in [0.25, 0.3) is 0 Å². The van der Waals surface area contributed by atoms with E-state index in [1.807, 2.05) is 18.2 Å². The van der Waals surface area contributed by atoms with E-state index in [1.54, 1.807) is 19.2 Å². The number of para-hydroxylation sites is 1. The van der Waals surface area contributed by atoms with Crippen molar-refractivity contribution >= 4 is 6.09 Å². The van der Waals surface area contributed by atoms with Crippen LogP contribution in [-0.2, 0) is 0 Å². The summed E-state index contributed by atoms with van der Waals surface area (Å²) in [6.45, 7) is 0.923. The molecule has 0 aliphatic rings. The summed E-state index contributed by atoms with van der Waals surface area (Å²) in [5, 5.41) is 0. The van der Waals surface area contributed by atoms with E-state index in [0.29, 0.717) is 18.8 Å². The summed E-state index contributed by atoms with van der Waals surface area (Å²) in [5.74, 6) is 0.543. The predicted octanol–water partition coefficient (Wildman–Crippen LogP) is 1.08. The molecule has 0 aromatic heterocycles. The van der Waals surface area contributed by atoms with Gasteiger partial charge in [0, 0.05) is 20.1 Å². The second-order valence-corrected chi connectivity index (χ2v) is 2.89. The number of ether oxygens (including phenoxy) is 1. The van der Waals surface area contributed by atoms with Crippen molar-refractivity contribution in [2.45, 2.75) is 0 Å². The topological polar surface area (TPSA) is 55.6 Å². The van der Waals surface area contributed by atoms with Gasteiger partial charge >= 0.3 is 6.09 Å². The van der Waals surface area contributed by atoms with Crippen LogP contribution < -0.4 is 10.5 Å². The second-order valence-electron chi connectivity index (χ2n) is 2.89. The van der Waals surface area contributed by atoms with E-state index in [-0.39, 0.29) is 6.09 Å². The van der Waals surface area contributed by atoms with Crippen LogP contribution in [0.1, 0.15) is 0 Å². The fourth-order valence-corrected chi connectivity index (χ4v) is 0.952. The molecule has 1 amide bonds. The molecular formula is C10H14N2O2. The molecule has 2 N–H and O–H groups in total. The number of likely N-dealkylation sites (N-methyl/N-ethyl adjacent to an activating group) is 1. The summed E-state index contributed by atoms with van der Waals surface area (Å²) in [5.41, 5.74) is 5.31. The van der Waals surface area contributed by atoms with E-state index < -0.39 is 0 Å². The van der Waals surface area contributed by atoms with Gasteiger partial charge in [0.2, 0.25) is 0 Å². The van der Waals surface area contributed by atoms with Crippen molar-refractivity contribution in [2.24, 2.45) is 5.73 Å². The molecule has 0 fully saturated rings. The first-order chi connectivity index (χ1) is 6.74. The highest BCUT2D eigenvalue weighted by atomic mass is 16.6. The van der Waals surface area contributed by atoms with Gasteiger partial charge < -0.3 is 15.4 Å². The molecular weight excluding hydrogens is 180 g/mol. The van der Waals surface area contributed by atoms with E-state index in [4.69, 9.17) is 10.5 Å². The molecule has 1 rings (SSSR count). The molecule has 4 nitrogen and oxygen atoms in total. The molecule has 0 atom stereocenters. The quantitative estimate of drug-likeness (QED) is 0.783. The van der Waals surface area contributed by atoms with E-state index in [2.05, 4.69) is 0 Å². The van der Waals surface area contributed by atoms with Gasteiger partial charge in [-0.1, -0.05) is 18.2 Å². The minimum Gasteiger partial charge on any atom is -0.410 e. The molecule has 4 heteroatoms.